The molecule has 1 aromatic carbocycles. The van der Waals surface area contributed by atoms with E-state index in [-0.39, 0.29) is 29.3 Å². The summed E-state index contributed by atoms with van der Waals surface area (Å²) in [5, 5.41) is 9.35. The van der Waals surface area contributed by atoms with Crippen molar-refractivity contribution in [1.29, 1.82) is 5.26 Å². The van der Waals surface area contributed by atoms with Crippen LogP contribution in [-0.2, 0) is 6.18 Å². The van der Waals surface area contributed by atoms with Crippen molar-refractivity contribution in [1.82, 2.24) is 0 Å². The van der Waals surface area contributed by atoms with Gasteiger partial charge in [-0.1, -0.05) is 36.7 Å². The summed E-state index contributed by atoms with van der Waals surface area (Å²) < 4.78 is 44.4. The number of benzene rings is 1. The van der Waals surface area contributed by atoms with Gasteiger partial charge in [-0.15, -0.1) is 0 Å². The first kappa shape index (κ1) is 17.8. The molecule has 21 heavy (non-hydrogen) atoms. The number of halogens is 4. The number of rotatable bonds is 4. The molecule has 1 atom stereocenters. The minimum Gasteiger partial charge on any atom is -0.493 e. The topological polar surface area (TPSA) is 33.0 Å². The first-order chi connectivity index (χ1) is 9.59. The van der Waals surface area contributed by atoms with Gasteiger partial charge in [0.15, 0.2) is 0 Å². The summed E-state index contributed by atoms with van der Waals surface area (Å²) >= 11 is 3.36. The van der Waals surface area contributed by atoms with Crippen LogP contribution >= 0.6 is 15.9 Å². The number of nitriles is 1. The van der Waals surface area contributed by atoms with Crippen molar-refractivity contribution in [3.05, 3.63) is 29.3 Å². The number of alkyl halides is 4. The molecule has 0 aliphatic carbocycles. The summed E-state index contributed by atoms with van der Waals surface area (Å²) in [7, 11) is 0. The Bertz CT molecular complexity index is 529. The van der Waals surface area contributed by atoms with Crippen LogP contribution in [0.4, 0.5) is 13.2 Å². The van der Waals surface area contributed by atoms with E-state index in [1.54, 1.807) is 6.07 Å². The average Bonchev–Trinajstić information content (AvgIpc) is 2.36. The van der Waals surface area contributed by atoms with Gasteiger partial charge in [-0.25, -0.2) is 0 Å². The normalized spacial score (nSPS) is 13.6. The minimum atomic E-state index is -4.55. The summed E-state index contributed by atoms with van der Waals surface area (Å²) in [5.41, 5.74) is -1.04. The van der Waals surface area contributed by atoms with Gasteiger partial charge in [0.25, 0.3) is 0 Å². The van der Waals surface area contributed by atoms with Crippen molar-refractivity contribution >= 4 is 15.9 Å². The van der Waals surface area contributed by atoms with Gasteiger partial charge in [0, 0.05) is 11.2 Å². The molecule has 0 N–H and O–H groups in total. The Hall–Kier alpha value is -1.22. The molecule has 0 spiro atoms. The quantitative estimate of drug-likeness (QED) is 0.704. The van der Waals surface area contributed by atoms with Crippen LogP contribution in [0.1, 0.15) is 31.9 Å². The molecular formula is C15H17BrF3NO. The molecule has 2 nitrogen and oxygen atoms in total. The molecule has 0 bridgehead atoms. The van der Waals surface area contributed by atoms with Gasteiger partial charge < -0.3 is 4.74 Å². The third-order valence-electron chi connectivity index (χ3n) is 3.27. The highest BCUT2D eigenvalue weighted by molar-refractivity contribution is 9.09. The fourth-order valence-corrected chi connectivity index (χ4v) is 2.82. The second-order valence-corrected chi connectivity index (χ2v) is 6.50. The molecule has 0 radical (unpaired) electrons. The second kappa shape index (κ2) is 6.69. The van der Waals surface area contributed by atoms with E-state index in [4.69, 9.17) is 10.00 Å². The van der Waals surface area contributed by atoms with Gasteiger partial charge in [-0.2, -0.15) is 18.4 Å². The summed E-state index contributed by atoms with van der Waals surface area (Å²) in [6, 6.07) is 5.05. The molecule has 0 aliphatic heterocycles. The van der Waals surface area contributed by atoms with Crippen LogP contribution in [0.25, 0.3) is 0 Å². The lowest BCUT2D eigenvalue weighted by Crippen LogP contribution is -2.28. The fraction of sp³-hybridized carbons (Fsp3) is 0.533. The third-order valence-corrected chi connectivity index (χ3v) is 4.05. The Kier molecular flexibility index (Phi) is 5.68. The molecule has 0 aliphatic rings. The van der Waals surface area contributed by atoms with E-state index in [1.807, 2.05) is 20.8 Å². The van der Waals surface area contributed by atoms with E-state index < -0.39 is 11.7 Å². The first-order valence-electron chi connectivity index (χ1n) is 6.39. The van der Waals surface area contributed by atoms with Crippen LogP contribution in [0.2, 0.25) is 0 Å². The predicted octanol–water partition coefficient (Wildman–Crippen LogP) is 5.01. The number of hydrogen-bond acceptors (Lipinski definition) is 2. The number of hydrogen-bond donors (Lipinski definition) is 0. The van der Waals surface area contributed by atoms with Gasteiger partial charge in [-0.3, -0.25) is 0 Å². The predicted molar refractivity (Wildman–Crippen MR) is 78.4 cm³/mol. The molecule has 0 amide bonds. The molecule has 0 aromatic heterocycles. The van der Waals surface area contributed by atoms with Crippen molar-refractivity contribution in [2.24, 2.45) is 11.3 Å². The van der Waals surface area contributed by atoms with Crippen LogP contribution in [0.5, 0.6) is 5.75 Å². The van der Waals surface area contributed by atoms with Crippen molar-refractivity contribution in [3.8, 4) is 11.8 Å². The van der Waals surface area contributed by atoms with Crippen molar-refractivity contribution in [2.75, 3.05) is 11.9 Å². The molecule has 0 fully saturated rings. The molecule has 116 valence electrons. The molecule has 1 aromatic rings. The third kappa shape index (κ3) is 4.92. The summed E-state index contributed by atoms with van der Waals surface area (Å²) in [5.74, 6) is -0.175. The molecule has 1 rings (SSSR count). The number of nitrogens with zero attached hydrogens (tertiary/aromatic N) is 1. The highest BCUT2D eigenvalue weighted by Gasteiger charge is 2.35. The Morgan fingerprint density at radius 3 is 2.33 bits per heavy atom. The minimum absolute atomic E-state index is 0.0393. The summed E-state index contributed by atoms with van der Waals surface area (Å²) in [6.07, 6.45) is -4.55. The SMILES string of the molecule is CC(C)(C)C(CBr)COc1ccc(C#N)cc1C(F)(F)F. The van der Waals surface area contributed by atoms with Crippen LogP contribution in [0, 0.1) is 22.7 Å². The lowest BCUT2D eigenvalue weighted by atomic mass is 9.83. The van der Waals surface area contributed by atoms with Gasteiger partial charge in [0.05, 0.1) is 23.8 Å². The highest BCUT2D eigenvalue weighted by Crippen LogP contribution is 2.37. The van der Waals surface area contributed by atoms with Crippen LogP contribution in [0.3, 0.4) is 0 Å². The van der Waals surface area contributed by atoms with Crippen LogP contribution in [-0.4, -0.2) is 11.9 Å². The molecular weight excluding hydrogens is 347 g/mol. The zero-order valence-electron chi connectivity index (χ0n) is 12.1. The lowest BCUT2D eigenvalue weighted by molar-refractivity contribution is -0.139. The van der Waals surface area contributed by atoms with E-state index in [9.17, 15) is 13.2 Å². The monoisotopic (exact) mass is 363 g/mol. The Balaban J connectivity index is 3.01. The largest absolute Gasteiger partial charge is 0.493 e. The van der Waals surface area contributed by atoms with Gasteiger partial charge in [0.2, 0.25) is 0 Å². The van der Waals surface area contributed by atoms with E-state index in [2.05, 4.69) is 15.9 Å². The molecule has 6 heteroatoms. The second-order valence-electron chi connectivity index (χ2n) is 5.85. The first-order valence-corrected chi connectivity index (χ1v) is 7.52. The maximum Gasteiger partial charge on any atom is 0.420 e. The summed E-state index contributed by atoms with van der Waals surface area (Å²) in [6.45, 7) is 6.19. The van der Waals surface area contributed by atoms with E-state index in [0.717, 1.165) is 6.07 Å². The van der Waals surface area contributed by atoms with E-state index in [0.29, 0.717) is 5.33 Å². The smallest absolute Gasteiger partial charge is 0.420 e. The molecule has 0 saturated carbocycles. The van der Waals surface area contributed by atoms with Crippen molar-refractivity contribution in [2.45, 2.75) is 26.9 Å². The zero-order valence-corrected chi connectivity index (χ0v) is 13.7. The maximum atomic E-state index is 13.0. The van der Waals surface area contributed by atoms with Crippen molar-refractivity contribution in [3.63, 3.8) is 0 Å². The van der Waals surface area contributed by atoms with E-state index in [1.165, 1.54) is 12.1 Å². The summed E-state index contributed by atoms with van der Waals surface area (Å²) in [4.78, 5) is 0. The Morgan fingerprint density at radius 2 is 1.90 bits per heavy atom. The highest BCUT2D eigenvalue weighted by atomic mass is 79.9. The Morgan fingerprint density at radius 1 is 1.29 bits per heavy atom. The molecule has 0 heterocycles. The van der Waals surface area contributed by atoms with Gasteiger partial charge in [0.1, 0.15) is 5.75 Å². The number of ether oxygens (including phenoxy) is 1. The van der Waals surface area contributed by atoms with Crippen LogP contribution < -0.4 is 4.74 Å². The average molecular weight is 364 g/mol. The van der Waals surface area contributed by atoms with Gasteiger partial charge in [-0.05, 0) is 23.6 Å². The lowest BCUT2D eigenvalue weighted by Gasteiger charge is -2.29. The zero-order chi connectivity index (χ0) is 16.3. The van der Waals surface area contributed by atoms with Crippen molar-refractivity contribution < 1.29 is 17.9 Å². The molecule has 1 unspecified atom stereocenters. The van der Waals surface area contributed by atoms with Gasteiger partial charge >= 0.3 is 6.18 Å². The van der Waals surface area contributed by atoms with Crippen LogP contribution in [0.15, 0.2) is 18.2 Å². The molecule has 0 saturated heterocycles. The van der Waals surface area contributed by atoms with E-state index >= 15 is 0 Å². The fourth-order valence-electron chi connectivity index (χ4n) is 1.66. The maximum absolute atomic E-state index is 13.0. The Labute approximate surface area is 131 Å². The standard InChI is InChI=1S/C15H17BrF3NO/c1-14(2,3)11(7-16)9-21-13-5-4-10(8-20)6-12(13)15(17,18)19/h4-6,11H,7,9H2,1-3H3.